The molecular formula is C20H25F2N3O2. The van der Waals surface area contributed by atoms with Gasteiger partial charge in [0.1, 0.15) is 0 Å². The van der Waals surface area contributed by atoms with E-state index in [9.17, 15) is 4.79 Å². The lowest BCUT2D eigenvalue weighted by atomic mass is 9.83. The van der Waals surface area contributed by atoms with Crippen LogP contribution in [-0.2, 0) is 23.5 Å². The second-order valence-electron chi connectivity index (χ2n) is 7.38. The molecule has 0 saturated carbocycles. The van der Waals surface area contributed by atoms with Crippen LogP contribution in [0, 0.1) is 5.92 Å². The third-order valence-corrected chi connectivity index (χ3v) is 5.18. The second kappa shape index (κ2) is 7.74. The van der Waals surface area contributed by atoms with Crippen molar-refractivity contribution in [1.29, 1.82) is 0 Å². The number of alkyl halides is 2. The molecule has 2 aromatic rings. The SMILES string of the molecule is COC(=O)c1ccc(CC2CCCCc3c(nnn3C(C)C)C2(F)F)cc1. The van der Waals surface area contributed by atoms with E-state index in [1.807, 2.05) is 13.8 Å². The first-order valence-corrected chi connectivity index (χ1v) is 9.34. The maximum absolute atomic E-state index is 15.3. The van der Waals surface area contributed by atoms with Crippen molar-refractivity contribution in [2.75, 3.05) is 7.11 Å². The van der Waals surface area contributed by atoms with Gasteiger partial charge in [0.2, 0.25) is 0 Å². The van der Waals surface area contributed by atoms with Gasteiger partial charge in [0.05, 0.1) is 18.4 Å². The highest BCUT2D eigenvalue weighted by molar-refractivity contribution is 5.89. The van der Waals surface area contributed by atoms with Crippen LogP contribution < -0.4 is 0 Å². The average Bonchev–Trinajstić information content (AvgIpc) is 3.07. The molecule has 0 aliphatic heterocycles. The van der Waals surface area contributed by atoms with Crippen LogP contribution in [0.1, 0.15) is 66.5 Å². The van der Waals surface area contributed by atoms with Crippen LogP contribution in [0.3, 0.4) is 0 Å². The van der Waals surface area contributed by atoms with Crippen LogP contribution in [0.25, 0.3) is 0 Å². The molecule has 1 heterocycles. The number of nitrogens with zero attached hydrogens (tertiary/aromatic N) is 3. The topological polar surface area (TPSA) is 57.0 Å². The molecule has 3 rings (SSSR count). The summed E-state index contributed by atoms with van der Waals surface area (Å²) in [4.78, 5) is 11.5. The summed E-state index contributed by atoms with van der Waals surface area (Å²) in [6.45, 7) is 3.85. The Bertz CT molecular complexity index is 800. The molecule has 1 aliphatic rings. The first-order valence-electron chi connectivity index (χ1n) is 9.34. The number of hydrogen-bond donors (Lipinski definition) is 0. The minimum Gasteiger partial charge on any atom is -0.465 e. The highest BCUT2D eigenvalue weighted by Gasteiger charge is 2.46. The molecule has 1 aromatic heterocycles. The summed E-state index contributed by atoms with van der Waals surface area (Å²) in [7, 11) is 1.31. The molecule has 1 unspecified atom stereocenters. The van der Waals surface area contributed by atoms with Crippen molar-refractivity contribution in [1.82, 2.24) is 15.0 Å². The van der Waals surface area contributed by atoms with Gasteiger partial charge in [0, 0.05) is 12.0 Å². The normalized spacial score (nSPS) is 19.3. The van der Waals surface area contributed by atoms with E-state index < -0.39 is 17.8 Å². The summed E-state index contributed by atoms with van der Waals surface area (Å²) in [5, 5.41) is 7.87. The van der Waals surface area contributed by atoms with Gasteiger partial charge in [-0.15, -0.1) is 5.10 Å². The lowest BCUT2D eigenvalue weighted by Crippen LogP contribution is -2.31. The number of carbonyl (C=O) groups excluding carboxylic acids is 1. The predicted molar refractivity (Wildman–Crippen MR) is 96.8 cm³/mol. The number of rotatable bonds is 4. The van der Waals surface area contributed by atoms with Gasteiger partial charge < -0.3 is 4.74 Å². The van der Waals surface area contributed by atoms with Crippen LogP contribution in [0.4, 0.5) is 8.78 Å². The first-order chi connectivity index (χ1) is 12.8. The molecule has 7 heteroatoms. The molecule has 0 bridgehead atoms. The smallest absolute Gasteiger partial charge is 0.337 e. The molecule has 5 nitrogen and oxygen atoms in total. The van der Waals surface area contributed by atoms with Gasteiger partial charge in [0.25, 0.3) is 5.92 Å². The van der Waals surface area contributed by atoms with Gasteiger partial charge in [-0.25, -0.2) is 9.48 Å². The van der Waals surface area contributed by atoms with Crippen molar-refractivity contribution >= 4 is 5.97 Å². The molecule has 27 heavy (non-hydrogen) atoms. The van der Waals surface area contributed by atoms with Crippen molar-refractivity contribution < 1.29 is 18.3 Å². The summed E-state index contributed by atoms with van der Waals surface area (Å²) in [6.07, 6.45) is 2.82. The Labute approximate surface area is 157 Å². The quantitative estimate of drug-likeness (QED) is 0.745. The first kappa shape index (κ1) is 19.5. The fourth-order valence-corrected chi connectivity index (χ4v) is 3.69. The second-order valence-corrected chi connectivity index (χ2v) is 7.38. The highest BCUT2D eigenvalue weighted by atomic mass is 19.3. The van der Waals surface area contributed by atoms with Gasteiger partial charge >= 0.3 is 5.97 Å². The summed E-state index contributed by atoms with van der Waals surface area (Å²) in [6, 6.07) is 6.66. The number of benzene rings is 1. The van der Waals surface area contributed by atoms with Gasteiger partial charge in [0.15, 0.2) is 5.69 Å². The average molecular weight is 377 g/mol. The number of esters is 1. The lowest BCUT2D eigenvalue weighted by molar-refractivity contribution is -0.0751. The zero-order chi connectivity index (χ0) is 19.6. The van der Waals surface area contributed by atoms with E-state index >= 15 is 8.78 Å². The number of methoxy groups -OCH3 is 1. The van der Waals surface area contributed by atoms with Gasteiger partial charge in [-0.2, -0.15) is 8.78 Å². The maximum Gasteiger partial charge on any atom is 0.337 e. The van der Waals surface area contributed by atoms with E-state index in [2.05, 4.69) is 15.0 Å². The van der Waals surface area contributed by atoms with Crippen molar-refractivity contribution in [2.24, 2.45) is 5.92 Å². The lowest BCUT2D eigenvalue weighted by Gasteiger charge is -2.28. The van der Waals surface area contributed by atoms with E-state index in [4.69, 9.17) is 0 Å². The third kappa shape index (κ3) is 3.87. The van der Waals surface area contributed by atoms with Crippen molar-refractivity contribution in [2.45, 2.75) is 57.9 Å². The Morgan fingerprint density at radius 1 is 1.30 bits per heavy atom. The van der Waals surface area contributed by atoms with Crippen LogP contribution in [0.5, 0.6) is 0 Å². The Morgan fingerprint density at radius 2 is 2.00 bits per heavy atom. The fourth-order valence-electron chi connectivity index (χ4n) is 3.69. The number of aromatic nitrogens is 3. The highest BCUT2D eigenvalue weighted by Crippen LogP contribution is 2.43. The molecule has 1 aliphatic carbocycles. The molecule has 0 amide bonds. The Balaban J connectivity index is 1.87. The monoisotopic (exact) mass is 377 g/mol. The molecule has 0 saturated heterocycles. The number of halogens is 2. The molecule has 0 fully saturated rings. The molecule has 0 radical (unpaired) electrons. The number of fused-ring (bicyclic) bond motifs is 1. The van der Waals surface area contributed by atoms with Crippen molar-refractivity contribution in [3.05, 3.63) is 46.8 Å². The van der Waals surface area contributed by atoms with Gasteiger partial charge in [-0.05, 0) is 57.2 Å². The summed E-state index contributed by atoms with van der Waals surface area (Å²) in [5.41, 5.74) is 1.56. The Hall–Kier alpha value is -2.31. The number of hydrogen-bond acceptors (Lipinski definition) is 4. The number of carbonyl (C=O) groups is 1. The molecule has 0 N–H and O–H groups in total. The minimum absolute atomic E-state index is 0.000734. The standard InChI is InChI=1S/C20H25F2N3O2/c1-13(2)25-17-7-5-4-6-16(20(21,22)18(17)23-24-25)12-14-8-10-15(11-9-14)19(26)27-3/h8-11,13,16H,4-7,12H2,1-3H3. The Kier molecular flexibility index (Phi) is 5.58. The van der Waals surface area contributed by atoms with E-state index in [0.29, 0.717) is 24.1 Å². The van der Waals surface area contributed by atoms with Crippen LogP contribution in [0.15, 0.2) is 24.3 Å². The van der Waals surface area contributed by atoms with E-state index in [-0.39, 0.29) is 18.2 Å². The molecule has 1 atom stereocenters. The molecule has 1 aromatic carbocycles. The molecule has 0 spiro atoms. The zero-order valence-electron chi connectivity index (χ0n) is 15.9. The maximum atomic E-state index is 15.3. The summed E-state index contributed by atoms with van der Waals surface area (Å²) in [5.74, 6) is -4.32. The van der Waals surface area contributed by atoms with Crippen LogP contribution in [-0.4, -0.2) is 28.1 Å². The number of ether oxygens (including phenoxy) is 1. The van der Waals surface area contributed by atoms with E-state index in [1.54, 1.807) is 28.9 Å². The third-order valence-electron chi connectivity index (χ3n) is 5.18. The minimum atomic E-state index is -3.04. The largest absolute Gasteiger partial charge is 0.465 e. The summed E-state index contributed by atoms with van der Waals surface area (Å²) < 4.78 is 37.0. The molecular weight excluding hydrogens is 352 g/mol. The predicted octanol–water partition coefficient (Wildman–Crippen LogP) is 4.32. The van der Waals surface area contributed by atoms with Gasteiger partial charge in [-0.3, -0.25) is 0 Å². The summed E-state index contributed by atoms with van der Waals surface area (Å²) >= 11 is 0. The van der Waals surface area contributed by atoms with E-state index in [0.717, 1.165) is 18.4 Å². The van der Waals surface area contributed by atoms with Crippen molar-refractivity contribution in [3.8, 4) is 0 Å². The van der Waals surface area contributed by atoms with Crippen molar-refractivity contribution in [3.63, 3.8) is 0 Å². The Morgan fingerprint density at radius 3 is 2.63 bits per heavy atom. The van der Waals surface area contributed by atoms with Gasteiger partial charge in [-0.1, -0.05) is 23.8 Å². The molecule has 146 valence electrons. The van der Waals surface area contributed by atoms with Crippen LogP contribution >= 0.6 is 0 Å². The fraction of sp³-hybridized carbons (Fsp3) is 0.550. The van der Waals surface area contributed by atoms with Crippen LogP contribution in [0.2, 0.25) is 0 Å². The van der Waals surface area contributed by atoms with E-state index in [1.165, 1.54) is 7.11 Å². The zero-order valence-corrected chi connectivity index (χ0v) is 15.9.